The van der Waals surface area contributed by atoms with E-state index in [4.69, 9.17) is 4.52 Å². The topological polar surface area (TPSA) is 105 Å². The summed E-state index contributed by atoms with van der Waals surface area (Å²) in [6, 6.07) is 0.963. The first kappa shape index (κ1) is 11.1. The van der Waals surface area contributed by atoms with Gasteiger partial charge in [-0.15, -0.1) is 0 Å². The maximum absolute atomic E-state index is 11.5. The van der Waals surface area contributed by atoms with Gasteiger partial charge >= 0.3 is 6.03 Å². The van der Waals surface area contributed by atoms with Gasteiger partial charge in [0, 0.05) is 6.07 Å². The van der Waals surface area contributed by atoms with Crippen molar-refractivity contribution in [3.8, 4) is 0 Å². The van der Waals surface area contributed by atoms with E-state index in [1.165, 1.54) is 6.07 Å². The summed E-state index contributed by atoms with van der Waals surface area (Å²) < 4.78 is 4.75. The molecule has 1 fully saturated rings. The highest BCUT2D eigenvalue weighted by Crippen LogP contribution is 2.07. The Labute approximate surface area is 95.9 Å². The van der Waals surface area contributed by atoms with Gasteiger partial charge in [0.25, 0.3) is 5.91 Å². The van der Waals surface area contributed by atoms with Gasteiger partial charge in [-0.3, -0.25) is 14.5 Å². The molecule has 0 aromatic carbocycles. The van der Waals surface area contributed by atoms with E-state index in [0.29, 0.717) is 5.76 Å². The molecule has 1 aliphatic rings. The number of carbonyl (C=O) groups excluding carboxylic acids is 3. The monoisotopic (exact) mass is 238 g/mol. The average molecular weight is 238 g/mol. The Morgan fingerprint density at radius 3 is 2.94 bits per heavy atom. The summed E-state index contributed by atoms with van der Waals surface area (Å²) in [6.45, 7) is 1.27. The Morgan fingerprint density at radius 2 is 2.41 bits per heavy atom. The zero-order valence-corrected chi connectivity index (χ0v) is 9.02. The van der Waals surface area contributed by atoms with E-state index >= 15 is 0 Å². The molecule has 4 amide bonds. The number of nitrogens with zero attached hydrogens (tertiary/aromatic N) is 2. The van der Waals surface area contributed by atoms with E-state index in [1.807, 2.05) is 0 Å². The van der Waals surface area contributed by atoms with Crippen molar-refractivity contribution < 1.29 is 18.9 Å². The molecule has 0 saturated carbocycles. The molecule has 17 heavy (non-hydrogen) atoms. The smallest absolute Gasteiger partial charge is 0.325 e. The van der Waals surface area contributed by atoms with Crippen molar-refractivity contribution in [3.63, 3.8) is 0 Å². The minimum absolute atomic E-state index is 0.0742. The van der Waals surface area contributed by atoms with Crippen LogP contribution in [0.25, 0.3) is 0 Å². The summed E-state index contributed by atoms with van der Waals surface area (Å²) in [5.41, 5.74) is 0. The van der Waals surface area contributed by atoms with Gasteiger partial charge in [-0.1, -0.05) is 5.16 Å². The molecule has 2 N–H and O–H groups in total. The number of anilines is 1. The highest BCUT2D eigenvalue weighted by Gasteiger charge is 2.30. The number of aryl methyl sites for hydroxylation is 1. The van der Waals surface area contributed by atoms with Crippen LogP contribution in [0.3, 0.4) is 0 Å². The molecule has 1 saturated heterocycles. The second-order valence-corrected chi connectivity index (χ2v) is 3.51. The summed E-state index contributed by atoms with van der Waals surface area (Å²) in [4.78, 5) is 34.7. The maximum atomic E-state index is 11.5. The van der Waals surface area contributed by atoms with Crippen LogP contribution in [0, 0.1) is 6.92 Å². The first-order valence-electron chi connectivity index (χ1n) is 4.87. The Kier molecular flexibility index (Phi) is 2.77. The third-order valence-electron chi connectivity index (χ3n) is 2.13. The molecule has 0 aliphatic carbocycles. The number of imide groups is 1. The van der Waals surface area contributed by atoms with Crippen LogP contribution in [-0.2, 0) is 9.59 Å². The van der Waals surface area contributed by atoms with Gasteiger partial charge in [-0.25, -0.2) is 4.79 Å². The van der Waals surface area contributed by atoms with Crippen LogP contribution < -0.4 is 10.6 Å². The van der Waals surface area contributed by atoms with Crippen molar-refractivity contribution >= 4 is 23.7 Å². The Morgan fingerprint density at radius 1 is 1.65 bits per heavy atom. The van der Waals surface area contributed by atoms with E-state index in [1.54, 1.807) is 6.92 Å². The average Bonchev–Trinajstić information content (AvgIpc) is 2.79. The van der Waals surface area contributed by atoms with Gasteiger partial charge in [-0.05, 0) is 6.92 Å². The van der Waals surface area contributed by atoms with Crippen LogP contribution in [0.2, 0.25) is 0 Å². The van der Waals surface area contributed by atoms with Crippen LogP contribution in [0.1, 0.15) is 5.76 Å². The number of aromatic nitrogens is 1. The molecule has 0 bridgehead atoms. The zero-order chi connectivity index (χ0) is 12.4. The van der Waals surface area contributed by atoms with Crippen LogP contribution in [0.15, 0.2) is 10.6 Å². The second kappa shape index (κ2) is 4.24. The van der Waals surface area contributed by atoms with Gasteiger partial charge in [0.1, 0.15) is 12.3 Å². The van der Waals surface area contributed by atoms with Crippen LogP contribution in [0.5, 0.6) is 0 Å². The fourth-order valence-electron chi connectivity index (χ4n) is 1.37. The minimum atomic E-state index is -0.568. The lowest BCUT2D eigenvalue weighted by Gasteiger charge is -2.10. The van der Waals surface area contributed by atoms with E-state index in [9.17, 15) is 14.4 Å². The van der Waals surface area contributed by atoms with Crippen molar-refractivity contribution in [1.29, 1.82) is 0 Å². The standard InChI is InChI=1S/C9H10N4O4/c1-5-2-6(12-17-5)11-7(14)4-13-8(15)3-10-9(13)16/h2H,3-4H2,1H3,(H,10,16)(H,11,12,14). The summed E-state index contributed by atoms with van der Waals surface area (Å²) in [5, 5.41) is 8.29. The van der Waals surface area contributed by atoms with Crippen LogP contribution in [0.4, 0.5) is 10.6 Å². The molecular formula is C9H10N4O4. The molecule has 0 radical (unpaired) electrons. The van der Waals surface area contributed by atoms with Gasteiger partial charge in [0.2, 0.25) is 5.91 Å². The van der Waals surface area contributed by atoms with E-state index in [2.05, 4.69) is 15.8 Å². The van der Waals surface area contributed by atoms with Gasteiger partial charge in [0.15, 0.2) is 5.82 Å². The Balaban J connectivity index is 1.93. The normalized spacial score (nSPS) is 15.0. The van der Waals surface area contributed by atoms with Crippen molar-refractivity contribution in [2.45, 2.75) is 6.92 Å². The quantitative estimate of drug-likeness (QED) is 0.689. The van der Waals surface area contributed by atoms with Gasteiger partial charge in [0.05, 0.1) is 6.54 Å². The molecule has 0 unspecified atom stereocenters. The number of nitrogens with one attached hydrogen (secondary N) is 2. The second-order valence-electron chi connectivity index (χ2n) is 3.51. The zero-order valence-electron chi connectivity index (χ0n) is 9.02. The number of rotatable bonds is 3. The Bertz CT molecular complexity index is 465. The number of carbonyl (C=O) groups is 3. The fourth-order valence-corrected chi connectivity index (χ4v) is 1.37. The highest BCUT2D eigenvalue weighted by atomic mass is 16.5. The first-order chi connectivity index (χ1) is 8.06. The lowest BCUT2D eigenvalue weighted by Crippen LogP contribution is -2.38. The highest BCUT2D eigenvalue weighted by molar-refractivity contribution is 6.06. The number of hydrogen-bond donors (Lipinski definition) is 2. The summed E-state index contributed by atoms with van der Waals surface area (Å²) in [7, 11) is 0. The fraction of sp³-hybridized carbons (Fsp3) is 0.333. The molecule has 2 heterocycles. The molecular weight excluding hydrogens is 228 g/mol. The molecule has 1 aliphatic heterocycles. The third kappa shape index (κ3) is 2.41. The molecule has 8 nitrogen and oxygen atoms in total. The number of hydrogen-bond acceptors (Lipinski definition) is 5. The Hall–Kier alpha value is -2.38. The first-order valence-corrected chi connectivity index (χ1v) is 4.87. The van der Waals surface area contributed by atoms with Gasteiger partial charge in [-0.2, -0.15) is 0 Å². The maximum Gasteiger partial charge on any atom is 0.325 e. The van der Waals surface area contributed by atoms with E-state index in [-0.39, 0.29) is 18.9 Å². The SMILES string of the molecule is Cc1cc(NC(=O)CN2C(=O)CNC2=O)no1. The number of amides is 4. The lowest BCUT2D eigenvalue weighted by molar-refractivity contribution is -0.128. The third-order valence-corrected chi connectivity index (χ3v) is 2.13. The van der Waals surface area contributed by atoms with Crippen molar-refractivity contribution in [1.82, 2.24) is 15.4 Å². The van der Waals surface area contributed by atoms with Crippen molar-refractivity contribution in [2.75, 3.05) is 18.4 Å². The van der Waals surface area contributed by atoms with E-state index in [0.717, 1.165) is 4.90 Å². The summed E-state index contributed by atoms with van der Waals surface area (Å²) in [6.07, 6.45) is 0. The van der Waals surface area contributed by atoms with E-state index < -0.39 is 17.8 Å². The molecule has 90 valence electrons. The minimum Gasteiger partial charge on any atom is -0.360 e. The van der Waals surface area contributed by atoms with Crippen molar-refractivity contribution in [2.24, 2.45) is 0 Å². The van der Waals surface area contributed by atoms with Crippen LogP contribution >= 0.6 is 0 Å². The summed E-state index contributed by atoms with van der Waals surface area (Å²) >= 11 is 0. The van der Waals surface area contributed by atoms with Crippen molar-refractivity contribution in [3.05, 3.63) is 11.8 Å². The molecule has 0 atom stereocenters. The molecule has 1 aromatic rings. The molecule has 1 aromatic heterocycles. The number of urea groups is 1. The predicted molar refractivity (Wildman–Crippen MR) is 55.0 cm³/mol. The molecule has 0 spiro atoms. The predicted octanol–water partition coefficient (Wildman–Crippen LogP) is -0.527. The molecule has 8 heteroatoms. The summed E-state index contributed by atoms with van der Waals surface area (Å²) in [5.74, 6) is -0.139. The largest absolute Gasteiger partial charge is 0.360 e. The lowest BCUT2D eigenvalue weighted by atomic mass is 10.4. The van der Waals surface area contributed by atoms with Crippen LogP contribution in [-0.4, -0.2) is 41.0 Å². The van der Waals surface area contributed by atoms with Gasteiger partial charge < -0.3 is 15.2 Å². The molecule has 2 rings (SSSR count).